The van der Waals surface area contributed by atoms with Crippen molar-refractivity contribution in [3.05, 3.63) is 29.3 Å². The van der Waals surface area contributed by atoms with Crippen LogP contribution in [0.2, 0.25) is 0 Å². The summed E-state index contributed by atoms with van der Waals surface area (Å²) in [6.07, 6.45) is 1.58. The highest BCUT2D eigenvalue weighted by molar-refractivity contribution is 6.00. The maximum atomic E-state index is 11.5. The molecule has 1 rings (SSSR count). The number of hydrogen-bond donors (Lipinski definition) is 2. The van der Waals surface area contributed by atoms with E-state index in [-0.39, 0.29) is 11.3 Å². The van der Waals surface area contributed by atoms with Crippen LogP contribution in [0.15, 0.2) is 18.2 Å². The van der Waals surface area contributed by atoms with Crippen molar-refractivity contribution >= 4 is 17.7 Å². The van der Waals surface area contributed by atoms with E-state index in [9.17, 15) is 14.7 Å². The first-order chi connectivity index (χ1) is 9.10. The number of nitrogens with one attached hydrogen (secondary N) is 1. The topological polar surface area (TPSA) is 75.6 Å². The van der Waals surface area contributed by atoms with Gasteiger partial charge in [-0.2, -0.15) is 0 Å². The van der Waals surface area contributed by atoms with Gasteiger partial charge in [0.25, 0.3) is 0 Å². The van der Waals surface area contributed by atoms with Crippen molar-refractivity contribution in [2.45, 2.75) is 33.1 Å². The fourth-order valence-corrected chi connectivity index (χ4v) is 1.78. The lowest BCUT2D eigenvalue weighted by atomic mass is 10.0. The van der Waals surface area contributed by atoms with E-state index in [1.54, 1.807) is 18.2 Å². The summed E-state index contributed by atoms with van der Waals surface area (Å²) in [5.74, 6) is -1.05. The third-order valence-corrected chi connectivity index (χ3v) is 2.56. The Bertz CT molecular complexity index is 457. The van der Waals surface area contributed by atoms with Crippen LogP contribution in [-0.2, 0) is 11.2 Å². The number of aryl methyl sites for hydroxylation is 1. The van der Waals surface area contributed by atoms with E-state index in [0.717, 1.165) is 12.8 Å². The van der Waals surface area contributed by atoms with Crippen molar-refractivity contribution in [2.75, 3.05) is 11.9 Å². The second-order valence-corrected chi connectivity index (χ2v) is 4.16. The van der Waals surface area contributed by atoms with Crippen molar-refractivity contribution in [1.29, 1.82) is 0 Å². The number of aromatic carboxylic acids is 1. The van der Waals surface area contributed by atoms with E-state index in [1.165, 1.54) is 0 Å². The minimum atomic E-state index is -1.05. The van der Waals surface area contributed by atoms with Crippen LogP contribution >= 0.6 is 0 Å². The first-order valence-electron chi connectivity index (χ1n) is 6.39. The van der Waals surface area contributed by atoms with E-state index < -0.39 is 12.1 Å². The molecule has 1 aromatic rings. The molecule has 2 N–H and O–H groups in total. The summed E-state index contributed by atoms with van der Waals surface area (Å²) in [4.78, 5) is 22.8. The minimum Gasteiger partial charge on any atom is -0.478 e. The molecule has 0 fully saturated rings. The number of carboxylic acids is 1. The van der Waals surface area contributed by atoms with Gasteiger partial charge < -0.3 is 9.84 Å². The van der Waals surface area contributed by atoms with Crippen LogP contribution in [0.4, 0.5) is 10.5 Å². The number of anilines is 1. The lowest BCUT2D eigenvalue weighted by molar-refractivity contribution is 0.0697. The Morgan fingerprint density at radius 3 is 2.58 bits per heavy atom. The molecule has 0 aliphatic rings. The van der Waals surface area contributed by atoms with Crippen LogP contribution < -0.4 is 5.32 Å². The molecule has 19 heavy (non-hydrogen) atoms. The maximum Gasteiger partial charge on any atom is 0.411 e. The average Bonchev–Trinajstić information content (AvgIpc) is 2.36. The summed E-state index contributed by atoms with van der Waals surface area (Å²) in [7, 11) is 0. The molecule has 1 aromatic carbocycles. The van der Waals surface area contributed by atoms with E-state index in [0.29, 0.717) is 18.6 Å². The third kappa shape index (κ3) is 4.28. The highest BCUT2D eigenvalue weighted by Gasteiger charge is 2.16. The van der Waals surface area contributed by atoms with Gasteiger partial charge in [-0.05, 0) is 24.5 Å². The normalized spacial score (nSPS) is 10.0. The molecule has 0 aliphatic carbocycles. The largest absolute Gasteiger partial charge is 0.478 e. The lowest BCUT2D eigenvalue weighted by Crippen LogP contribution is -2.17. The summed E-state index contributed by atoms with van der Waals surface area (Å²) < 4.78 is 4.89. The number of carboxylic acid groups (broad SMARTS) is 1. The number of hydrogen-bond acceptors (Lipinski definition) is 3. The average molecular weight is 265 g/mol. The van der Waals surface area contributed by atoms with Gasteiger partial charge in [0.1, 0.15) is 0 Å². The summed E-state index contributed by atoms with van der Waals surface area (Å²) in [5, 5.41) is 11.8. The second-order valence-electron chi connectivity index (χ2n) is 4.16. The van der Waals surface area contributed by atoms with Gasteiger partial charge in [-0.15, -0.1) is 0 Å². The third-order valence-electron chi connectivity index (χ3n) is 2.56. The van der Waals surface area contributed by atoms with Gasteiger partial charge >= 0.3 is 12.1 Å². The van der Waals surface area contributed by atoms with Crippen LogP contribution in [0, 0.1) is 0 Å². The Morgan fingerprint density at radius 1 is 1.26 bits per heavy atom. The van der Waals surface area contributed by atoms with E-state index in [2.05, 4.69) is 5.32 Å². The fourth-order valence-electron chi connectivity index (χ4n) is 1.78. The summed E-state index contributed by atoms with van der Waals surface area (Å²) in [6, 6.07) is 5.05. The highest BCUT2D eigenvalue weighted by atomic mass is 16.5. The van der Waals surface area contributed by atoms with Crippen molar-refractivity contribution in [3.8, 4) is 0 Å². The maximum absolute atomic E-state index is 11.5. The fraction of sp³-hybridized carbons (Fsp3) is 0.429. The van der Waals surface area contributed by atoms with Crippen molar-refractivity contribution in [3.63, 3.8) is 0 Å². The Hall–Kier alpha value is -2.04. The molecule has 0 unspecified atom stereocenters. The highest BCUT2D eigenvalue weighted by Crippen LogP contribution is 2.21. The molecule has 104 valence electrons. The first kappa shape index (κ1) is 15.0. The van der Waals surface area contributed by atoms with E-state index >= 15 is 0 Å². The van der Waals surface area contributed by atoms with Crippen molar-refractivity contribution in [2.24, 2.45) is 0 Å². The van der Waals surface area contributed by atoms with Crippen LogP contribution in [-0.4, -0.2) is 23.8 Å². The van der Waals surface area contributed by atoms with E-state index in [4.69, 9.17) is 4.74 Å². The first-order valence-corrected chi connectivity index (χ1v) is 6.39. The molecular weight excluding hydrogens is 246 g/mol. The summed E-state index contributed by atoms with van der Waals surface area (Å²) >= 11 is 0. The number of carbonyl (C=O) groups excluding carboxylic acids is 1. The summed E-state index contributed by atoms with van der Waals surface area (Å²) in [6.45, 7) is 4.17. The molecular formula is C14H19NO4. The van der Waals surface area contributed by atoms with Gasteiger partial charge in [-0.1, -0.05) is 32.4 Å². The molecule has 0 atom stereocenters. The van der Waals surface area contributed by atoms with Gasteiger partial charge in [0, 0.05) is 0 Å². The van der Waals surface area contributed by atoms with Gasteiger partial charge in [-0.3, -0.25) is 5.32 Å². The number of carbonyl (C=O) groups is 2. The number of ether oxygens (including phenoxy) is 1. The Morgan fingerprint density at radius 2 is 2.00 bits per heavy atom. The predicted molar refractivity (Wildman–Crippen MR) is 72.7 cm³/mol. The molecule has 0 heterocycles. The Balaban J connectivity index is 2.96. The molecule has 0 saturated carbocycles. The number of rotatable bonds is 6. The lowest BCUT2D eigenvalue weighted by Gasteiger charge is -2.12. The van der Waals surface area contributed by atoms with Gasteiger partial charge in [0.2, 0.25) is 0 Å². The SMILES string of the molecule is CCCOC(=O)Nc1cccc(CCC)c1C(=O)O. The molecule has 5 heteroatoms. The Kier molecular flexibility index (Phi) is 5.85. The minimum absolute atomic E-state index is 0.137. The smallest absolute Gasteiger partial charge is 0.411 e. The van der Waals surface area contributed by atoms with Crippen LogP contribution in [0.25, 0.3) is 0 Å². The molecule has 0 radical (unpaired) electrons. The zero-order valence-electron chi connectivity index (χ0n) is 11.2. The molecule has 1 amide bonds. The van der Waals surface area contributed by atoms with Crippen molar-refractivity contribution in [1.82, 2.24) is 0 Å². The quantitative estimate of drug-likeness (QED) is 0.827. The van der Waals surface area contributed by atoms with Gasteiger partial charge in [0.05, 0.1) is 17.9 Å². The molecule has 0 aliphatic heterocycles. The molecule has 5 nitrogen and oxygen atoms in total. The van der Waals surface area contributed by atoms with E-state index in [1.807, 2.05) is 13.8 Å². The zero-order chi connectivity index (χ0) is 14.3. The molecule has 0 aromatic heterocycles. The number of benzene rings is 1. The van der Waals surface area contributed by atoms with Crippen LogP contribution in [0.5, 0.6) is 0 Å². The van der Waals surface area contributed by atoms with Crippen molar-refractivity contribution < 1.29 is 19.4 Å². The molecule has 0 bridgehead atoms. The zero-order valence-corrected chi connectivity index (χ0v) is 11.2. The molecule has 0 saturated heterocycles. The predicted octanol–water partition coefficient (Wildman–Crippen LogP) is 3.30. The Labute approximate surface area is 112 Å². The summed E-state index contributed by atoms with van der Waals surface area (Å²) in [5.41, 5.74) is 1.13. The van der Waals surface area contributed by atoms with Crippen LogP contribution in [0.1, 0.15) is 42.6 Å². The standard InChI is InChI=1S/C14H19NO4/c1-3-6-10-7-5-8-11(12(10)13(16)17)15-14(18)19-9-4-2/h5,7-8H,3-4,6,9H2,1-2H3,(H,15,18)(H,16,17). The number of amides is 1. The second kappa shape index (κ2) is 7.41. The van der Waals surface area contributed by atoms with Gasteiger partial charge in [0.15, 0.2) is 0 Å². The molecule has 0 spiro atoms. The van der Waals surface area contributed by atoms with Crippen LogP contribution in [0.3, 0.4) is 0 Å². The monoisotopic (exact) mass is 265 g/mol. The van der Waals surface area contributed by atoms with Gasteiger partial charge in [-0.25, -0.2) is 9.59 Å².